The van der Waals surface area contributed by atoms with Gasteiger partial charge in [0.25, 0.3) is 0 Å². The zero-order chi connectivity index (χ0) is 15.5. The van der Waals surface area contributed by atoms with Gasteiger partial charge in [0.1, 0.15) is 0 Å². The fraction of sp³-hybridized carbons (Fsp3) is 0.467. The zero-order valence-corrected chi connectivity index (χ0v) is 13.5. The summed E-state index contributed by atoms with van der Waals surface area (Å²) in [6, 6.07) is 4.20. The van der Waals surface area contributed by atoms with Crippen LogP contribution in [-0.2, 0) is 11.3 Å². The van der Waals surface area contributed by atoms with Gasteiger partial charge in [0.05, 0.1) is 5.25 Å². The topological polar surface area (TPSA) is 72.7 Å². The van der Waals surface area contributed by atoms with E-state index >= 15 is 0 Å². The van der Waals surface area contributed by atoms with Gasteiger partial charge in [-0.2, -0.15) is 0 Å². The van der Waals surface area contributed by atoms with E-state index in [1.54, 1.807) is 12.4 Å². The van der Waals surface area contributed by atoms with Crippen molar-refractivity contribution in [2.45, 2.75) is 49.7 Å². The van der Waals surface area contributed by atoms with Crippen molar-refractivity contribution < 1.29 is 4.79 Å². The molecule has 0 radical (unpaired) electrons. The van der Waals surface area contributed by atoms with Gasteiger partial charge in [0, 0.05) is 30.5 Å². The molecule has 0 aromatic carbocycles. The first-order valence-corrected chi connectivity index (χ1v) is 8.37. The fourth-order valence-electron chi connectivity index (χ4n) is 2.13. The predicted molar refractivity (Wildman–Crippen MR) is 85.4 cm³/mol. The Hall–Kier alpha value is -1.89. The highest BCUT2D eigenvalue weighted by Crippen LogP contribution is 2.27. The van der Waals surface area contributed by atoms with Crippen LogP contribution in [-0.4, -0.2) is 36.9 Å². The molecule has 0 saturated heterocycles. The third-order valence-electron chi connectivity index (χ3n) is 3.55. The molecule has 116 valence electrons. The van der Waals surface area contributed by atoms with Crippen LogP contribution in [0.3, 0.4) is 0 Å². The van der Waals surface area contributed by atoms with Crippen LogP contribution in [0.25, 0.3) is 11.4 Å². The summed E-state index contributed by atoms with van der Waals surface area (Å²) in [5.41, 5.74) is 0.978. The molecular formula is C15H19N5OS. The van der Waals surface area contributed by atoms with Crippen molar-refractivity contribution in [1.29, 1.82) is 0 Å². The number of aromatic nitrogens is 4. The summed E-state index contributed by atoms with van der Waals surface area (Å²) in [4.78, 5) is 16.1. The van der Waals surface area contributed by atoms with Crippen molar-refractivity contribution in [1.82, 2.24) is 25.1 Å². The standard InChI is InChI=1S/C15H19N5OS/c1-3-20-13(11-6-8-16-9-7-11)18-19-15(20)22-10(2)14(21)17-12-4-5-12/h6-10,12H,3-5H2,1-2H3,(H,17,21)/t10-/m1/s1. The zero-order valence-electron chi connectivity index (χ0n) is 12.7. The van der Waals surface area contributed by atoms with Crippen molar-refractivity contribution >= 4 is 17.7 Å². The van der Waals surface area contributed by atoms with Crippen LogP contribution in [0.1, 0.15) is 26.7 Å². The number of nitrogens with zero attached hydrogens (tertiary/aromatic N) is 4. The average molecular weight is 317 g/mol. The number of hydrogen-bond donors (Lipinski definition) is 1. The summed E-state index contributed by atoms with van der Waals surface area (Å²) in [5.74, 6) is 0.880. The number of thioether (sulfide) groups is 1. The number of nitrogens with one attached hydrogen (secondary N) is 1. The van der Waals surface area contributed by atoms with Gasteiger partial charge in [-0.15, -0.1) is 10.2 Å². The first-order chi connectivity index (χ1) is 10.7. The van der Waals surface area contributed by atoms with E-state index in [4.69, 9.17) is 0 Å². The lowest BCUT2D eigenvalue weighted by atomic mass is 10.2. The third kappa shape index (κ3) is 3.30. The van der Waals surface area contributed by atoms with E-state index in [9.17, 15) is 4.79 Å². The first kappa shape index (κ1) is 15.0. The maximum atomic E-state index is 12.1. The van der Waals surface area contributed by atoms with Gasteiger partial charge in [-0.1, -0.05) is 11.8 Å². The van der Waals surface area contributed by atoms with Crippen LogP contribution >= 0.6 is 11.8 Å². The Labute approximate surface area is 133 Å². The minimum Gasteiger partial charge on any atom is -0.352 e. The molecule has 0 spiro atoms. The molecule has 1 aliphatic rings. The average Bonchev–Trinajstić information content (AvgIpc) is 3.26. The Morgan fingerprint density at radius 1 is 1.41 bits per heavy atom. The van der Waals surface area contributed by atoms with Crippen LogP contribution in [0, 0.1) is 0 Å². The van der Waals surface area contributed by atoms with Crippen LogP contribution in [0.15, 0.2) is 29.7 Å². The lowest BCUT2D eigenvalue weighted by molar-refractivity contribution is -0.120. The molecule has 0 aliphatic heterocycles. The Kier molecular flexibility index (Phi) is 4.42. The molecule has 0 unspecified atom stereocenters. The van der Waals surface area contributed by atoms with Crippen molar-refractivity contribution in [3.8, 4) is 11.4 Å². The van der Waals surface area contributed by atoms with Gasteiger partial charge in [-0.3, -0.25) is 9.78 Å². The predicted octanol–water partition coefficient (Wildman–Crippen LogP) is 2.12. The minimum atomic E-state index is -0.180. The lowest BCUT2D eigenvalue weighted by Gasteiger charge is -2.12. The minimum absolute atomic E-state index is 0.0728. The fourth-order valence-corrected chi connectivity index (χ4v) is 3.06. The van der Waals surface area contributed by atoms with Crippen molar-refractivity contribution in [2.75, 3.05) is 0 Å². The number of hydrogen-bond acceptors (Lipinski definition) is 5. The van der Waals surface area contributed by atoms with E-state index in [0.29, 0.717) is 6.04 Å². The van der Waals surface area contributed by atoms with E-state index in [0.717, 1.165) is 35.9 Å². The normalized spacial score (nSPS) is 15.5. The van der Waals surface area contributed by atoms with Gasteiger partial charge in [0.2, 0.25) is 5.91 Å². The molecule has 3 rings (SSSR count). The highest BCUT2D eigenvalue weighted by molar-refractivity contribution is 8.00. The quantitative estimate of drug-likeness (QED) is 0.826. The second kappa shape index (κ2) is 6.48. The molecule has 0 bridgehead atoms. The monoisotopic (exact) mass is 317 g/mol. The number of pyridine rings is 1. The van der Waals surface area contributed by atoms with Crippen molar-refractivity contribution in [3.63, 3.8) is 0 Å². The highest BCUT2D eigenvalue weighted by Gasteiger charge is 2.27. The maximum Gasteiger partial charge on any atom is 0.233 e. The van der Waals surface area contributed by atoms with Crippen LogP contribution < -0.4 is 5.32 Å². The van der Waals surface area contributed by atoms with E-state index in [2.05, 4.69) is 20.5 Å². The molecule has 22 heavy (non-hydrogen) atoms. The molecule has 1 saturated carbocycles. The Balaban J connectivity index is 1.76. The molecule has 1 aliphatic carbocycles. The number of carbonyl (C=O) groups is 1. The SMILES string of the molecule is CCn1c(S[C@H](C)C(=O)NC2CC2)nnc1-c1ccncc1. The Bertz CT molecular complexity index is 653. The smallest absolute Gasteiger partial charge is 0.233 e. The largest absolute Gasteiger partial charge is 0.352 e. The summed E-state index contributed by atoms with van der Waals surface area (Å²) in [7, 11) is 0. The molecule has 2 aromatic heterocycles. The van der Waals surface area contributed by atoms with Crippen molar-refractivity contribution in [2.24, 2.45) is 0 Å². The first-order valence-electron chi connectivity index (χ1n) is 7.49. The highest BCUT2D eigenvalue weighted by atomic mass is 32.2. The molecule has 1 atom stereocenters. The number of rotatable bonds is 6. The molecule has 1 N–H and O–H groups in total. The summed E-state index contributed by atoms with van der Waals surface area (Å²) in [5, 5.41) is 12.1. The second-order valence-electron chi connectivity index (χ2n) is 5.33. The van der Waals surface area contributed by atoms with Gasteiger partial charge < -0.3 is 9.88 Å². The molecule has 2 aromatic rings. The van der Waals surface area contributed by atoms with E-state index < -0.39 is 0 Å². The van der Waals surface area contributed by atoms with E-state index in [1.165, 1.54) is 11.8 Å². The van der Waals surface area contributed by atoms with Gasteiger partial charge in [0.15, 0.2) is 11.0 Å². The lowest BCUT2D eigenvalue weighted by Crippen LogP contribution is -2.32. The summed E-state index contributed by atoms with van der Waals surface area (Å²) in [6.45, 7) is 4.71. The molecule has 7 heteroatoms. The number of carbonyl (C=O) groups excluding carboxylic acids is 1. The van der Waals surface area contributed by atoms with Gasteiger partial charge >= 0.3 is 0 Å². The molecule has 2 heterocycles. The third-order valence-corrected chi connectivity index (χ3v) is 4.63. The maximum absolute atomic E-state index is 12.1. The summed E-state index contributed by atoms with van der Waals surface area (Å²) >= 11 is 1.45. The summed E-state index contributed by atoms with van der Waals surface area (Å²) < 4.78 is 2.03. The summed E-state index contributed by atoms with van der Waals surface area (Å²) in [6.07, 6.45) is 5.67. The molecule has 1 amide bonds. The van der Waals surface area contributed by atoms with E-state index in [-0.39, 0.29) is 11.2 Å². The van der Waals surface area contributed by atoms with Crippen LogP contribution in [0.5, 0.6) is 0 Å². The van der Waals surface area contributed by atoms with Crippen LogP contribution in [0.2, 0.25) is 0 Å². The van der Waals surface area contributed by atoms with Gasteiger partial charge in [-0.25, -0.2) is 0 Å². The second-order valence-corrected chi connectivity index (χ2v) is 6.64. The number of amides is 1. The molecular weight excluding hydrogens is 298 g/mol. The van der Waals surface area contributed by atoms with Crippen molar-refractivity contribution in [3.05, 3.63) is 24.5 Å². The van der Waals surface area contributed by atoms with Crippen LogP contribution in [0.4, 0.5) is 0 Å². The molecule has 6 nitrogen and oxygen atoms in total. The molecule has 1 fully saturated rings. The van der Waals surface area contributed by atoms with Gasteiger partial charge in [-0.05, 0) is 38.8 Å². The Morgan fingerprint density at radius 2 is 2.14 bits per heavy atom. The van der Waals surface area contributed by atoms with E-state index in [1.807, 2.05) is 30.5 Å². The Morgan fingerprint density at radius 3 is 2.77 bits per heavy atom.